The summed E-state index contributed by atoms with van der Waals surface area (Å²) < 4.78 is 23.9. The molecule has 18 heavy (non-hydrogen) atoms. The summed E-state index contributed by atoms with van der Waals surface area (Å²) in [5.74, 6) is 0.128. The number of amides is 1. The minimum absolute atomic E-state index is 0. The Morgan fingerprint density at radius 1 is 1.39 bits per heavy atom. The van der Waals surface area contributed by atoms with Gasteiger partial charge in [-0.25, -0.2) is 13.1 Å². The van der Waals surface area contributed by atoms with Crippen LogP contribution in [0.2, 0.25) is 0 Å². The number of carbonyl (C=O) groups excluding carboxylic acids is 1. The molecule has 3 N–H and O–H groups in total. The van der Waals surface area contributed by atoms with Crippen molar-refractivity contribution in [3.63, 3.8) is 0 Å². The van der Waals surface area contributed by atoms with E-state index >= 15 is 0 Å². The van der Waals surface area contributed by atoms with Crippen molar-refractivity contribution in [3.05, 3.63) is 0 Å². The van der Waals surface area contributed by atoms with Crippen molar-refractivity contribution in [3.8, 4) is 0 Å². The quantitative estimate of drug-likeness (QED) is 0.575. The Kier molecular flexibility index (Phi) is 8.51. The van der Waals surface area contributed by atoms with Crippen LogP contribution in [0.25, 0.3) is 0 Å². The van der Waals surface area contributed by atoms with Crippen LogP contribution in [0.5, 0.6) is 0 Å². The molecule has 1 unspecified atom stereocenters. The predicted octanol–water partition coefficient (Wildman–Crippen LogP) is -0.537. The van der Waals surface area contributed by atoms with Gasteiger partial charge in [-0.2, -0.15) is 0 Å². The molecule has 6 nitrogen and oxygen atoms in total. The molecule has 0 spiro atoms. The lowest BCUT2D eigenvalue weighted by Crippen LogP contribution is -2.41. The standard InChI is InChI=1S/C10H21N3O3S.ClH/c1-17(15,16)13-7-3-6-12-10(14)9-4-2-5-11-8-9;/h9,11,13H,2-8H2,1H3,(H,12,14);1H. The molecule has 0 bridgehead atoms. The van der Waals surface area contributed by atoms with Gasteiger partial charge in [0.05, 0.1) is 12.2 Å². The number of piperidine rings is 1. The fourth-order valence-electron chi connectivity index (χ4n) is 1.78. The zero-order valence-electron chi connectivity index (χ0n) is 10.6. The second-order valence-electron chi connectivity index (χ2n) is 4.35. The molecule has 0 saturated carbocycles. The van der Waals surface area contributed by atoms with Gasteiger partial charge in [0.2, 0.25) is 15.9 Å². The smallest absolute Gasteiger partial charge is 0.224 e. The molecule has 0 aromatic carbocycles. The first-order chi connectivity index (χ1) is 7.99. The second kappa shape index (κ2) is 8.68. The van der Waals surface area contributed by atoms with Crippen LogP contribution in [-0.2, 0) is 14.8 Å². The summed E-state index contributed by atoms with van der Waals surface area (Å²) in [4.78, 5) is 11.7. The average Bonchev–Trinajstić information content (AvgIpc) is 2.28. The van der Waals surface area contributed by atoms with E-state index < -0.39 is 10.0 Å². The molecule has 1 aliphatic heterocycles. The second-order valence-corrected chi connectivity index (χ2v) is 6.19. The fraction of sp³-hybridized carbons (Fsp3) is 0.900. The van der Waals surface area contributed by atoms with Gasteiger partial charge in [0.25, 0.3) is 0 Å². The normalized spacial score (nSPS) is 19.9. The molecule has 1 fully saturated rings. The monoisotopic (exact) mass is 299 g/mol. The molecule has 8 heteroatoms. The highest BCUT2D eigenvalue weighted by molar-refractivity contribution is 7.88. The number of sulfonamides is 1. The third-order valence-electron chi connectivity index (χ3n) is 2.68. The molecular weight excluding hydrogens is 278 g/mol. The van der Waals surface area contributed by atoms with Crippen LogP contribution in [-0.4, -0.2) is 46.8 Å². The molecule has 1 atom stereocenters. The maximum absolute atomic E-state index is 11.7. The van der Waals surface area contributed by atoms with Gasteiger partial charge in [-0.15, -0.1) is 12.4 Å². The highest BCUT2D eigenvalue weighted by Crippen LogP contribution is 2.09. The zero-order chi connectivity index (χ0) is 12.7. The maximum atomic E-state index is 11.7. The number of hydrogen-bond acceptors (Lipinski definition) is 4. The minimum atomic E-state index is -3.12. The van der Waals surface area contributed by atoms with Gasteiger partial charge in [-0.3, -0.25) is 4.79 Å². The summed E-state index contributed by atoms with van der Waals surface area (Å²) >= 11 is 0. The largest absolute Gasteiger partial charge is 0.356 e. The molecule has 1 amide bonds. The highest BCUT2D eigenvalue weighted by atomic mass is 35.5. The zero-order valence-corrected chi connectivity index (χ0v) is 12.2. The van der Waals surface area contributed by atoms with Crippen LogP contribution in [0.15, 0.2) is 0 Å². The number of rotatable bonds is 6. The van der Waals surface area contributed by atoms with E-state index in [1.807, 2.05) is 0 Å². The summed E-state index contributed by atoms with van der Waals surface area (Å²) in [5, 5.41) is 6.01. The molecule has 0 aromatic heterocycles. The van der Waals surface area contributed by atoms with E-state index in [9.17, 15) is 13.2 Å². The SMILES string of the molecule is CS(=O)(=O)NCCCNC(=O)C1CCCNC1.Cl. The molecule has 0 radical (unpaired) electrons. The lowest BCUT2D eigenvalue weighted by molar-refractivity contribution is -0.125. The number of carbonyl (C=O) groups is 1. The van der Waals surface area contributed by atoms with Crippen LogP contribution in [0.1, 0.15) is 19.3 Å². The Hall–Kier alpha value is -0.370. The Morgan fingerprint density at radius 3 is 2.67 bits per heavy atom. The summed E-state index contributed by atoms with van der Waals surface area (Å²) in [7, 11) is -3.12. The summed E-state index contributed by atoms with van der Waals surface area (Å²) in [6.07, 6.45) is 3.70. The lowest BCUT2D eigenvalue weighted by atomic mass is 9.99. The maximum Gasteiger partial charge on any atom is 0.224 e. The highest BCUT2D eigenvalue weighted by Gasteiger charge is 2.19. The van der Waals surface area contributed by atoms with Crippen LogP contribution in [0, 0.1) is 5.92 Å². The van der Waals surface area contributed by atoms with E-state index in [1.165, 1.54) is 0 Å². The van der Waals surface area contributed by atoms with E-state index in [-0.39, 0.29) is 24.2 Å². The van der Waals surface area contributed by atoms with Crippen molar-refractivity contribution < 1.29 is 13.2 Å². The van der Waals surface area contributed by atoms with Crippen molar-refractivity contribution in [1.82, 2.24) is 15.4 Å². The molecular formula is C10H22ClN3O3S. The van der Waals surface area contributed by atoms with E-state index in [0.717, 1.165) is 32.2 Å². The molecule has 0 aromatic rings. The number of nitrogens with one attached hydrogen (secondary N) is 3. The Morgan fingerprint density at radius 2 is 2.11 bits per heavy atom. The summed E-state index contributed by atoms with van der Waals surface area (Å²) in [6, 6.07) is 0. The van der Waals surface area contributed by atoms with Crippen molar-refractivity contribution in [2.45, 2.75) is 19.3 Å². The molecule has 1 rings (SSSR count). The van der Waals surface area contributed by atoms with E-state index in [2.05, 4.69) is 15.4 Å². The average molecular weight is 300 g/mol. The Labute approximate surface area is 115 Å². The van der Waals surface area contributed by atoms with Gasteiger partial charge < -0.3 is 10.6 Å². The summed E-state index contributed by atoms with van der Waals surface area (Å²) in [6.45, 7) is 2.61. The van der Waals surface area contributed by atoms with Gasteiger partial charge in [0.1, 0.15) is 0 Å². The molecule has 1 saturated heterocycles. The van der Waals surface area contributed by atoms with Gasteiger partial charge in [-0.1, -0.05) is 0 Å². The van der Waals surface area contributed by atoms with E-state index in [4.69, 9.17) is 0 Å². The van der Waals surface area contributed by atoms with Crippen LogP contribution in [0.3, 0.4) is 0 Å². The first-order valence-electron chi connectivity index (χ1n) is 5.92. The molecule has 1 aliphatic rings. The first kappa shape index (κ1) is 17.6. The number of hydrogen-bond donors (Lipinski definition) is 3. The first-order valence-corrected chi connectivity index (χ1v) is 7.81. The summed E-state index contributed by atoms with van der Waals surface area (Å²) in [5.41, 5.74) is 0. The van der Waals surface area contributed by atoms with Gasteiger partial charge in [0.15, 0.2) is 0 Å². The third-order valence-corrected chi connectivity index (χ3v) is 3.41. The van der Waals surface area contributed by atoms with Crippen LogP contribution in [0.4, 0.5) is 0 Å². The molecule has 0 aliphatic carbocycles. The number of halogens is 1. The fourth-order valence-corrected chi connectivity index (χ4v) is 2.29. The Balaban J connectivity index is 0.00000289. The van der Waals surface area contributed by atoms with Crippen LogP contribution < -0.4 is 15.4 Å². The minimum Gasteiger partial charge on any atom is -0.356 e. The van der Waals surface area contributed by atoms with Crippen molar-refractivity contribution in [2.75, 3.05) is 32.4 Å². The Bertz CT molecular complexity index is 342. The molecule has 1 heterocycles. The molecule has 108 valence electrons. The van der Waals surface area contributed by atoms with Crippen molar-refractivity contribution in [1.29, 1.82) is 0 Å². The van der Waals surface area contributed by atoms with E-state index in [0.29, 0.717) is 19.5 Å². The van der Waals surface area contributed by atoms with Gasteiger partial charge >= 0.3 is 0 Å². The van der Waals surface area contributed by atoms with Crippen molar-refractivity contribution >= 4 is 28.3 Å². The van der Waals surface area contributed by atoms with Gasteiger partial charge in [0, 0.05) is 19.6 Å². The van der Waals surface area contributed by atoms with Crippen LogP contribution >= 0.6 is 12.4 Å². The lowest BCUT2D eigenvalue weighted by Gasteiger charge is -2.21. The predicted molar refractivity (Wildman–Crippen MR) is 73.3 cm³/mol. The third kappa shape index (κ3) is 7.86. The van der Waals surface area contributed by atoms with Crippen molar-refractivity contribution in [2.24, 2.45) is 5.92 Å². The topological polar surface area (TPSA) is 87.3 Å². The van der Waals surface area contributed by atoms with Gasteiger partial charge in [-0.05, 0) is 25.8 Å². The van der Waals surface area contributed by atoms with E-state index in [1.54, 1.807) is 0 Å².